The van der Waals surface area contributed by atoms with Gasteiger partial charge in [-0.1, -0.05) is 12.1 Å². The molecule has 0 atom stereocenters. The van der Waals surface area contributed by atoms with Gasteiger partial charge in [-0.3, -0.25) is 0 Å². The van der Waals surface area contributed by atoms with E-state index in [0.29, 0.717) is 12.4 Å². The highest BCUT2D eigenvalue weighted by atomic mass is 16.5. The number of imidazole rings is 1. The Morgan fingerprint density at radius 3 is 3.05 bits per heavy atom. The van der Waals surface area contributed by atoms with Crippen molar-refractivity contribution in [1.29, 1.82) is 0 Å². The third kappa shape index (κ3) is 2.77. The normalized spacial score (nSPS) is 13.8. The van der Waals surface area contributed by atoms with Gasteiger partial charge in [-0.25, -0.2) is 9.78 Å². The number of aromatic nitrogens is 2. The lowest BCUT2D eigenvalue weighted by Crippen LogP contribution is -2.15. The van der Waals surface area contributed by atoms with Crippen molar-refractivity contribution in [3.05, 3.63) is 47.0 Å². The summed E-state index contributed by atoms with van der Waals surface area (Å²) in [7, 11) is 0. The number of hydrogen-bond acceptors (Lipinski definition) is 3. The third-order valence-corrected chi connectivity index (χ3v) is 3.76. The zero-order valence-corrected chi connectivity index (χ0v) is 12.0. The fourth-order valence-electron chi connectivity index (χ4n) is 2.75. The molecule has 0 aliphatic carbocycles. The summed E-state index contributed by atoms with van der Waals surface area (Å²) in [6.45, 7) is 3.12. The summed E-state index contributed by atoms with van der Waals surface area (Å²) in [4.78, 5) is 15.6. The molecule has 1 N–H and O–H groups in total. The second-order valence-electron chi connectivity index (χ2n) is 5.34. The Bertz CT molecular complexity index is 676. The average Bonchev–Trinajstić information content (AvgIpc) is 2.84. The van der Waals surface area contributed by atoms with Crippen molar-refractivity contribution in [3.8, 4) is 5.75 Å². The standard InChI is InChI=1S/C16H18N2O3/c1-11-5-4-6-12(9-11)21-10-14-17-15(16(19)20)13-7-2-3-8-18(13)14/h4-6,9H,2-3,7-8,10H2,1H3,(H,19,20). The molecule has 1 aliphatic heterocycles. The summed E-state index contributed by atoms with van der Waals surface area (Å²) in [5.74, 6) is 0.520. The molecule has 5 heteroatoms. The van der Waals surface area contributed by atoms with Crippen LogP contribution in [0.5, 0.6) is 5.75 Å². The summed E-state index contributed by atoms with van der Waals surface area (Å²) in [5, 5.41) is 9.26. The number of nitrogens with zero attached hydrogens (tertiary/aromatic N) is 2. The molecule has 0 saturated heterocycles. The Balaban J connectivity index is 1.84. The Labute approximate surface area is 123 Å². The molecule has 0 amide bonds. The predicted octanol–water partition coefficient (Wildman–Crippen LogP) is 2.81. The van der Waals surface area contributed by atoms with Gasteiger partial charge in [0.05, 0.1) is 5.69 Å². The minimum absolute atomic E-state index is 0.178. The van der Waals surface area contributed by atoms with E-state index in [9.17, 15) is 9.90 Å². The van der Waals surface area contributed by atoms with Gasteiger partial charge in [0.15, 0.2) is 5.69 Å². The van der Waals surface area contributed by atoms with Crippen molar-refractivity contribution < 1.29 is 14.6 Å². The minimum Gasteiger partial charge on any atom is -0.486 e. The first-order valence-electron chi connectivity index (χ1n) is 7.16. The number of fused-ring (bicyclic) bond motifs is 1. The van der Waals surface area contributed by atoms with Crippen LogP contribution in [0.3, 0.4) is 0 Å². The van der Waals surface area contributed by atoms with Crippen LogP contribution in [0.15, 0.2) is 24.3 Å². The highest BCUT2D eigenvalue weighted by Crippen LogP contribution is 2.22. The number of aryl methyl sites for hydroxylation is 1. The lowest BCUT2D eigenvalue weighted by molar-refractivity contribution is 0.0689. The Kier molecular flexibility index (Phi) is 3.64. The van der Waals surface area contributed by atoms with Gasteiger partial charge in [0.25, 0.3) is 0 Å². The average molecular weight is 286 g/mol. The second-order valence-corrected chi connectivity index (χ2v) is 5.34. The molecule has 21 heavy (non-hydrogen) atoms. The molecule has 0 fully saturated rings. The molecule has 1 aromatic carbocycles. The van der Waals surface area contributed by atoms with Gasteiger partial charge < -0.3 is 14.4 Å². The summed E-state index contributed by atoms with van der Waals surface area (Å²) in [6, 6.07) is 7.80. The van der Waals surface area contributed by atoms with Crippen LogP contribution < -0.4 is 4.74 Å². The molecule has 0 saturated carbocycles. The smallest absolute Gasteiger partial charge is 0.356 e. The second kappa shape index (κ2) is 5.60. The quantitative estimate of drug-likeness (QED) is 0.938. The van der Waals surface area contributed by atoms with Crippen molar-refractivity contribution >= 4 is 5.97 Å². The number of carboxylic acid groups (broad SMARTS) is 1. The van der Waals surface area contributed by atoms with Crippen LogP contribution in [0.4, 0.5) is 0 Å². The maximum Gasteiger partial charge on any atom is 0.356 e. The monoisotopic (exact) mass is 286 g/mol. The summed E-state index contributed by atoms with van der Waals surface area (Å²) in [6.07, 6.45) is 2.85. The fraction of sp³-hybridized carbons (Fsp3) is 0.375. The van der Waals surface area contributed by atoms with Gasteiger partial charge in [-0.05, 0) is 43.9 Å². The van der Waals surface area contributed by atoms with E-state index in [4.69, 9.17) is 4.74 Å². The maximum absolute atomic E-state index is 11.3. The Morgan fingerprint density at radius 2 is 2.29 bits per heavy atom. The number of ether oxygens (including phenoxy) is 1. The molecular weight excluding hydrogens is 268 g/mol. The van der Waals surface area contributed by atoms with E-state index in [0.717, 1.165) is 42.8 Å². The van der Waals surface area contributed by atoms with Crippen molar-refractivity contribution in [2.45, 2.75) is 39.3 Å². The van der Waals surface area contributed by atoms with Gasteiger partial charge >= 0.3 is 5.97 Å². The van der Waals surface area contributed by atoms with Crippen molar-refractivity contribution in [2.75, 3.05) is 0 Å². The van der Waals surface area contributed by atoms with E-state index in [2.05, 4.69) is 4.98 Å². The highest BCUT2D eigenvalue weighted by Gasteiger charge is 2.23. The number of benzene rings is 1. The molecular formula is C16H18N2O3. The number of carboxylic acids is 1. The number of aromatic carboxylic acids is 1. The van der Waals surface area contributed by atoms with Crippen molar-refractivity contribution in [3.63, 3.8) is 0 Å². The Hall–Kier alpha value is -2.30. The lowest BCUT2D eigenvalue weighted by Gasteiger charge is -2.17. The van der Waals surface area contributed by atoms with Crippen LogP contribution in [0.2, 0.25) is 0 Å². The molecule has 0 spiro atoms. The largest absolute Gasteiger partial charge is 0.486 e. The molecule has 0 radical (unpaired) electrons. The van der Waals surface area contributed by atoms with Gasteiger partial charge in [0.2, 0.25) is 0 Å². The molecule has 1 aliphatic rings. The van der Waals surface area contributed by atoms with E-state index < -0.39 is 5.97 Å². The van der Waals surface area contributed by atoms with Crippen LogP contribution in [0.1, 0.15) is 40.4 Å². The zero-order valence-electron chi connectivity index (χ0n) is 12.0. The van der Waals surface area contributed by atoms with Crippen LogP contribution in [-0.4, -0.2) is 20.6 Å². The molecule has 0 bridgehead atoms. The molecule has 5 nitrogen and oxygen atoms in total. The van der Waals surface area contributed by atoms with Gasteiger partial charge in [-0.2, -0.15) is 0 Å². The highest BCUT2D eigenvalue weighted by molar-refractivity contribution is 5.86. The SMILES string of the molecule is Cc1cccc(OCc2nc(C(=O)O)c3n2CCCC3)c1. The molecule has 2 aromatic rings. The molecule has 3 rings (SSSR count). The van der Waals surface area contributed by atoms with Gasteiger partial charge in [0.1, 0.15) is 18.2 Å². The Morgan fingerprint density at radius 1 is 1.43 bits per heavy atom. The molecule has 2 heterocycles. The summed E-state index contributed by atoms with van der Waals surface area (Å²) < 4.78 is 7.76. The van der Waals surface area contributed by atoms with Gasteiger partial charge in [0, 0.05) is 6.54 Å². The van der Waals surface area contributed by atoms with Crippen molar-refractivity contribution in [1.82, 2.24) is 9.55 Å². The summed E-state index contributed by atoms with van der Waals surface area (Å²) in [5.41, 5.74) is 2.14. The third-order valence-electron chi connectivity index (χ3n) is 3.76. The van der Waals surface area contributed by atoms with E-state index in [-0.39, 0.29) is 5.69 Å². The minimum atomic E-state index is -0.956. The first-order chi connectivity index (χ1) is 10.1. The lowest BCUT2D eigenvalue weighted by atomic mass is 10.1. The number of hydrogen-bond donors (Lipinski definition) is 1. The topological polar surface area (TPSA) is 64.3 Å². The van der Waals surface area contributed by atoms with E-state index in [1.165, 1.54) is 0 Å². The first-order valence-corrected chi connectivity index (χ1v) is 7.16. The molecule has 110 valence electrons. The maximum atomic E-state index is 11.3. The van der Waals surface area contributed by atoms with Crippen LogP contribution in [0, 0.1) is 6.92 Å². The van der Waals surface area contributed by atoms with Crippen LogP contribution >= 0.6 is 0 Å². The zero-order chi connectivity index (χ0) is 14.8. The molecule has 0 unspecified atom stereocenters. The fourth-order valence-corrected chi connectivity index (χ4v) is 2.75. The molecule has 1 aromatic heterocycles. The number of carbonyl (C=O) groups is 1. The number of rotatable bonds is 4. The van der Waals surface area contributed by atoms with Crippen molar-refractivity contribution in [2.24, 2.45) is 0 Å². The van der Waals surface area contributed by atoms with E-state index in [1.807, 2.05) is 35.8 Å². The van der Waals surface area contributed by atoms with E-state index in [1.54, 1.807) is 0 Å². The summed E-state index contributed by atoms with van der Waals surface area (Å²) >= 11 is 0. The van der Waals surface area contributed by atoms with E-state index >= 15 is 0 Å². The van der Waals surface area contributed by atoms with Crippen LogP contribution in [0.25, 0.3) is 0 Å². The first kappa shape index (κ1) is 13.7. The van der Waals surface area contributed by atoms with Crippen LogP contribution in [-0.2, 0) is 19.6 Å². The van der Waals surface area contributed by atoms with Gasteiger partial charge in [-0.15, -0.1) is 0 Å². The predicted molar refractivity (Wildman–Crippen MR) is 77.6 cm³/mol.